The van der Waals surface area contributed by atoms with Crippen molar-refractivity contribution in [3.8, 4) is 23.2 Å². The fraction of sp³-hybridized carbons (Fsp3) is 0.207. The number of hydrogen-bond acceptors (Lipinski definition) is 7. The molecule has 6 rings (SSSR count). The van der Waals surface area contributed by atoms with Crippen molar-refractivity contribution in [3.63, 3.8) is 0 Å². The Morgan fingerprint density at radius 3 is 2.50 bits per heavy atom. The average molecular weight is 526 g/mol. The lowest BCUT2D eigenvalue weighted by Crippen LogP contribution is -2.44. The maximum absolute atomic E-state index is 10.3. The van der Waals surface area contributed by atoms with Crippen LogP contribution in [0.15, 0.2) is 72.8 Å². The largest absolute Gasteiger partial charge is 0.508 e. The zero-order valence-corrected chi connectivity index (χ0v) is 21.8. The van der Waals surface area contributed by atoms with E-state index in [1.165, 1.54) is 0 Å². The second-order valence-corrected chi connectivity index (χ2v) is 9.41. The molecule has 0 atom stereocenters. The van der Waals surface area contributed by atoms with Crippen LogP contribution in [0.4, 0.5) is 11.4 Å². The van der Waals surface area contributed by atoms with Gasteiger partial charge in [0.1, 0.15) is 17.4 Å². The van der Waals surface area contributed by atoms with E-state index < -0.39 is 0 Å². The lowest BCUT2D eigenvalue weighted by molar-refractivity contribution is 0.313. The lowest BCUT2D eigenvalue weighted by Gasteiger charge is -2.34. The first-order valence-electron chi connectivity index (χ1n) is 12.4. The number of piperazine rings is 1. The van der Waals surface area contributed by atoms with Crippen molar-refractivity contribution in [1.82, 2.24) is 19.5 Å². The van der Waals surface area contributed by atoms with Gasteiger partial charge in [-0.3, -0.25) is 0 Å². The number of halogens is 1. The van der Waals surface area contributed by atoms with Gasteiger partial charge in [-0.2, -0.15) is 5.26 Å². The van der Waals surface area contributed by atoms with Gasteiger partial charge in [0.15, 0.2) is 11.5 Å². The minimum Gasteiger partial charge on any atom is -0.508 e. The van der Waals surface area contributed by atoms with E-state index in [-0.39, 0.29) is 18.2 Å². The predicted molar refractivity (Wildman–Crippen MR) is 153 cm³/mol. The number of phenols is 1. The summed E-state index contributed by atoms with van der Waals surface area (Å²) in [5.74, 6) is 0.598. The predicted octanol–water partition coefficient (Wildman–Crippen LogP) is 4.91. The molecule has 0 aliphatic carbocycles. The number of hydrogen-bond donors (Lipinski definition) is 2. The number of nitriles is 1. The summed E-state index contributed by atoms with van der Waals surface area (Å²) in [4.78, 5) is 9.46. The van der Waals surface area contributed by atoms with Crippen molar-refractivity contribution in [3.05, 3.63) is 83.9 Å². The Hall–Kier alpha value is -4.32. The summed E-state index contributed by atoms with van der Waals surface area (Å²) in [5.41, 5.74) is 5.47. The van der Waals surface area contributed by atoms with Crippen molar-refractivity contribution < 1.29 is 5.11 Å². The SMILES string of the molecule is CN1CCN(c2ccc3c(c2)c(NCc2ccccc2)c(C#N)c2nc(-c4cccc(O)c4)nn23)CC1.Cl. The molecule has 2 aromatic heterocycles. The first kappa shape index (κ1) is 25.3. The molecule has 192 valence electrons. The van der Waals surface area contributed by atoms with Crippen molar-refractivity contribution >= 4 is 40.3 Å². The molecule has 1 aliphatic heterocycles. The van der Waals surface area contributed by atoms with E-state index in [0.29, 0.717) is 29.1 Å². The van der Waals surface area contributed by atoms with Gasteiger partial charge in [-0.05, 0) is 42.9 Å². The normalized spacial score (nSPS) is 13.8. The smallest absolute Gasteiger partial charge is 0.182 e. The quantitative estimate of drug-likeness (QED) is 0.336. The summed E-state index contributed by atoms with van der Waals surface area (Å²) in [7, 11) is 2.15. The van der Waals surface area contributed by atoms with Crippen LogP contribution in [-0.2, 0) is 6.54 Å². The molecular formula is C29H28ClN7O. The van der Waals surface area contributed by atoms with E-state index in [1.54, 1.807) is 22.7 Å². The molecule has 3 aromatic carbocycles. The van der Waals surface area contributed by atoms with E-state index in [9.17, 15) is 10.4 Å². The molecule has 0 bridgehead atoms. The number of nitrogens with zero attached hydrogens (tertiary/aromatic N) is 6. The maximum Gasteiger partial charge on any atom is 0.182 e. The van der Waals surface area contributed by atoms with Crippen LogP contribution in [0.25, 0.3) is 27.9 Å². The summed E-state index contributed by atoms with van der Waals surface area (Å²) in [6, 6.07) is 25.7. The number of rotatable bonds is 5. The highest BCUT2D eigenvalue weighted by Crippen LogP contribution is 2.35. The van der Waals surface area contributed by atoms with Crippen molar-refractivity contribution in [2.75, 3.05) is 43.4 Å². The molecule has 3 heterocycles. The minimum atomic E-state index is 0. The Labute approximate surface area is 227 Å². The first-order chi connectivity index (χ1) is 18.1. The summed E-state index contributed by atoms with van der Waals surface area (Å²) in [6.45, 7) is 4.50. The van der Waals surface area contributed by atoms with E-state index >= 15 is 0 Å². The van der Waals surface area contributed by atoms with Crippen LogP contribution in [0.3, 0.4) is 0 Å². The fourth-order valence-corrected chi connectivity index (χ4v) is 4.90. The molecule has 1 saturated heterocycles. The molecule has 38 heavy (non-hydrogen) atoms. The number of aromatic nitrogens is 3. The molecule has 0 amide bonds. The van der Waals surface area contributed by atoms with Gasteiger partial charge in [0, 0.05) is 49.4 Å². The molecule has 0 unspecified atom stereocenters. The van der Waals surface area contributed by atoms with Gasteiger partial charge in [-0.15, -0.1) is 17.5 Å². The van der Waals surface area contributed by atoms with Gasteiger partial charge in [0.05, 0.1) is 11.2 Å². The van der Waals surface area contributed by atoms with Gasteiger partial charge < -0.3 is 20.2 Å². The molecule has 1 aliphatic rings. The first-order valence-corrected chi connectivity index (χ1v) is 12.4. The summed E-state index contributed by atoms with van der Waals surface area (Å²) < 4.78 is 1.74. The number of aromatic hydroxyl groups is 1. The second-order valence-electron chi connectivity index (χ2n) is 9.41. The Bertz CT molecular complexity index is 1640. The van der Waals surface area contributed by atoms with Gasteiger partial charge in [0.2, 0.25) is 0 Å². The number of nitrogens with one attached hydrogen (secondary N) is 1. The molecule has 5 aromatic rings. The molecule has 8 nitrogen and oxygen atoms in total. The summed E-state index contributed by atoms with van der Waals surface area (Å²) in [5, 5.41) is 29.5. The second kappa shape index (κ2) is 10.6. The Balaban J connectivity index is 0.00000294. The van der Waals surface area contributed by atoms with Crippen LogP contribution in [0.1, 0.15) is 11.1 Å². The Morgan fingerprint density at radius 2 is 1.76 bits per heavy atom. The summed E-state index contributed by atoms with van der Waals surface area (Å²) >= 11 is 0. The highest BCUT2D eigenvalue weighted by Gasteiger charge is 2.21. The third kappa shape index (κ3) is 4.70. The Morgan fingerprint density at radius 1 is 0.974 bits per heavy atom. The third-order valence-electron chi connectivity index (χ3n) is 6.96. The van der Waals surface area contributed by atoms with Gasteiger partial charge in [-0.1, -0.05) is 42.5 Å². The molecule has 1 fully saturated rings. The summed E-state index contributed by atoms with van der Waals surface area (Å²) in [6.07, 6.45) is 0. The van der Waals surface area contributed by atoms with Crippen LogP contribution in [0.2, 0.25) is 0 Å². The number of likely N-dealkylation sites (N-methyl/N-ethyl adjacent to an activating group) is 1. The number of anilines is 2. The number of benzene rings is 3. The fourth-order valence-electron chi connectivity index (χ4n) is 4.90. The molecule has 2 N–H and O–H groups in total. The monoisotopic (exact) mass is 525 g/mol. The van der Waals surface area contributed by atoms with Gasteiger partial charge in [-0.25, -0.2) is 9.50 Å². The molecular weight excluding hydrogens is 498 g/mol. The third-order valence-corrected chi connectivity index (χ3v) is 6.96. The number of phenolic OH excluding ortho intramolecular Hbond substituents is 1. The van der Waals surface area contributed by atoms with E-state index in [2.05, 4.69) is 58.6 Å². The highest BCUT2D eigenvalue weighted by atomic mass is 35.5. The van der Waals surface area contributed by atoms with Crippen molar-refractivity contribution in [2.45, 2.75) is 6.54 Å². The molecule has 9 heteroatoms. The van der Waals surface area contributed by atoms with E-state index in [4.69, 9.17) is 10.1 Å². The zero-order chi connectivity index (χ0) is 25.4. The minimum absolute atomic E-state index is 0. The standard InChI is InChI=1S/C29H27N7O.ClH/c1-34-12-14-35(15-13-34)22-10-11-26-24(17-22)27(31-19-20-6-3-2-4-7-20)25(18-30)29-32-28(33-36(26)29)21-8-5-9-23(37)16-21;/h2-11,16-17,31,37H,12-15,19H2,1H3;1H. The highest BCUT2D eigenvalue weighted by molar-refractivity contribution is 6.00. The average Bonchev–Trinajstić information content (AvgIpc) is 3.38. The molecule has 0 spiro atoms. The van der Waals surface area contributed by atoms with Crippen LogP contribution >= 0.6 is 12.4 Å². The van der Waals surface area contributed by atoms with Crippen LogP contribution in [0.5, 0.6) is 5.75 Å². The van der Waals surface area contributed by atoms with Gasteiger partial charge in [0.25, 0.3) is 0 Å². The van der Waals surface area contributed by atoms with Crippen LogP contribution in [0, 0.1) is 11.3 Å². The number of pyridine rings is 1. The topological polar surface area (TPSA) is 92.7 Å². The number of fused-ring (bicyclic) bond motifs is 3. The molecule has 0 saturated carbocycles. The van der Waals surface area contributed by atoms with Crippen molar-refractivity contribution in [1.29, 1.82) is 5.26 Å². The van der Waals surface area contributed by atoms with Crippen LogP contribution in [-0.4, -0.2) is 57.8 Å². The van der Waals surface area contributed by atoms with E-state index in [1.807, 2.05) is 24.3 Å². The van der Waals surface area contributed by atoms with Gasteiger partial charge >= 0.3 is 0 Å². The molecule has 0 radical (unpaired) electrons. The van der Waals surface area contributed by atoms with Crippen molar-refractivity contribution in [2.24, 2.45) is 0 Å². The lowest BCUT2D eigenvalue weighted by atomic mass is 10.1. The Kier molecular flexibility index (Phi) is 7.05. The zero-order valence-electron chi connectivity index (χ0n) is 21.0. The van der Waals surface area contributed by atoms with Crippen LogP contribution < -0.4 is 10.2 Å². The maximum atomic E-state index is 10.3. The van der Waals surface area contributed by atoms with E-state index in [0.717, 1.165) is 54.0 Å².